The third-order valence-corrected chi connectivity index (χ3v) is 3.95. The summed E-state index contributed by atoms with van der Waals surface area (Å²) in [6.45, 7) is 3.29. The van der Waals surface area contributed by atoms with Crippen molar-refractivity contribution in [2.24, 2.45) is 0 Å². The lowest BCUT2D eigenvalue weighted by Gasteiger charge is -2.33. The van der Waals surface area contributed by atoms with Crippen molar-refractivity contribution in [3.63, 3.8) is 0 Å². The zero-order valence-corrected chi connectivity index (χ0v) is 12.0. The van der Waals surface area contributed by atoms with Crippen LogP contribution in [0.3, 0.4) is 0 Å². The summed E-state index contributed by atoms with van der Waals surface area (Å²) < 4.78 is 6.27. The summed E-state index contributed by atoms with van der Waals surface area (Å²) in [6.07, 6.45) is 1.08. The van der Waals surface area contributed by atoms with Crippen LogP contribution in [0.4, 0.5) is 0 Å². The molecule has 0 spiro atoms. The molecule has 3 nitrogen and oxygen atoms in total. The molecule has 4 heteroatoms. The van der Waals surface area contributed by atoms with Crippen LogP contribution >= 0.6 is 15.9 Å². The minimum Gasteiger partial charge on any atom is -0.496 e. The van der Waals surface area contributed by atoms with E-state index in [1.54, 1.807) is 7.11 Å². The molecule has 1 aliphatic heterocycles. The van der Waals surface area contributed by atoms with E-state index in [0.717, 1.165) is 36.3 Å². The number of rotatable bonds is 3. The molecule has 1 saturated heterocycles. The Bertz CT molecular complexity index is 384. The van der Waals surface area contributed by atoms with Crippen LogP contribution < -0.4 is 10.1 Å². The van der Waals surface area contributed by atoms with Crippen LogP contribution in [0.2, 0.25) is 0 Å². The van der Waals surface area contributed by atoms with Gasteiger partial charge in [0.25, 0.3) is 0 Å². The third-order valence-electron chi connectivity index (χ3n) is 3.33. The molecule has 1 aliphatic rings. The molecule has 1 fully saturated rings. The van der Waals surface area contributed by atoms with Crippen molar-refractivity contribution >= 4 is 15.9 Å². The van der Waals surface area contributed by atoms with Crippen molar-refractivity contribution in [3.05, 3.63) is 28.2 Å². The summed E-state index contributed by atoms with van der Waals surface area (Å²) in [5, 5.41) is 3.44. The van der Waals surface area contributed by atoms with Crippen molar-refractivity contribution < 1.29 is 4.74 Å². The van der Waals surface area contributed by atoms with Crippen molar-refractivity contribution in [3.8, 4) is 5.75 Å². The van der Waals surface area contributed by atoms with Crippen LogP contribution in [0, 0.1) is 0 Å². The first-order valence-corrected chi connectivity index (χ1v) is 6.73. The average molecular weight is 299 g/mol. The van der Waals surface area contributed by atoms with Crippen molar-refractivity contribution in [1.82, 2.24) is 10.2 Å². The van der Waals surface area contributed by atoms with Crippen molar-refractivity contribution in [2.75, 3.05) is 33.8 Å². The van der Waals surface area contributed by atoms with Gasteiger partial charge in [0, 0.05) is 25.7 Å². The first-order valence-electron chi connectivity index (χ1n) is 5.94. The van der Waals surface area contributed by atoms with Gasteiger partial charge in [0.05, 0.1) is 11.6 Å². The van der Waals surface area contributed by atoms with Gasteiger partial charge in [0.2, 0.25) is 0 Å². The van der Waals surface area contributed by atoms with Crippen molar-refractivity contribution in [2.45, 2.75) is 12.5 Å². The van der Waals surface area contributed by atoms with E-state index in [1.807, 2.05) is 6.07 Å². The zero-order valence-electron chi connectivity index (χ0n) is 10.4. The molecule has 17 heavy (non-hydrogen) atoms. The Kier molecular flexibility index (Phi) is 4.42. The maximum Gasteiger partial charge on any atom is 0.133 e. The molecule has 94 valence electrons. The number of nitrogens with zero attached hydrogens (tertiary/aromatic N) is 1. The normalized spacial score (nSPS) is 21.5. The van der Waals surface area contributed by atoms with Gasteiger partial charge >= 0.3 is 0 Å². The van der Waals surface area contributed by atoms with Crippen LogP contribution in [0.15, 0.2) is 22.7 Å². The average Bonchev–Trinajstić information content (AvgIpc) is 2.32. The molecule has 1 unspecified atom stereocenters. The summed E-state index contributed by atoms with van der Waals surface area (Å²) in [7, 11) is 3.89. The molecule has 0 aliphatic carbocycles. The number of benzene rings is 1. The molecule has 1 heterocycles. The topological polar surface area (TPSA) is 24.5 Å². The lowest BCUT2D eigenvalue weighted by Crippen LogP contribution is -2.50. The maximum absolute atomic E-state index is 5.24. The highest BCUT2D eigenvalue weighted by molar-refractivity contribution is 9.10. The van der Waals surface area contributed by atoms with Gasteiger partial charge in [-0.3, -0.25) is 0 Å². The predicted octanol–water partition coefficient (Wildman–Crippen LogP) is 1.90. The van der Waals surface area contributed by atoms with Gasteiger partial charge in [-0.2, -0.15) is 0 Å². The first kappa shape index (κ1) is 12.9. The van der Waals surface area contributed by atoms with Gasteiger partial charge < -0.3 is 15.0 Å². The molecular formula is C13H19BrN2O. The molecule has 2 rings (SSSR count). The van der Waals surface area contributed by atoms with E-state index in [9.17, 15) is 0 Å². The number of likely N-dealkylation sites (N-methyl/N-ethyl adjacent to an activating group) is 1. The first-order chi connectivity index (χ1) is 8.20. The third kappa shape index (κ3) is 3.21. The summed E-state index contributed by atoms with van der Waals surface area (Å²) in [6, 6.07) is 6.91. The Morgan fingerprint density at radius 1 is 1.53 bits per heavy atom. The van der Waals surface area contributed by atoms with Crippen LogP contribution in [-0.4, -0.2) is 44.7 Å². The second kappa shape index (κ2) is 5.85. The molecule has 0 saturated carbocycles. The summed E-state index contributed by atoms with van der Waals surface area (Å²) >= 11 is 3.53. The Balaban J connectivity index is 2.05. The summed E-state index contributed by atoms with van der Waals surface area (Å²) in [5.41, 5.74) is 1.35. The number of nitrogens with one attached hydrogen (secondary N) is 1. The number of hydrogen-bond acceptors (Lipinski definition) is 3. The van der Waals surface area contributed by atoms with Gasteiger partial charge in [-0.25, -0.2) is 0 Å². The van der Waals surface area contributed by atoms with Crippen LogP contribution in [-0.2, 0) is 6.42 Å². The predicted molar refractivity (Wildman–Crippen MR) is 73.7 cm³/mol. The molecule has 1 aromatic carbocycles. The van der Waals surface area contributed by atoms with E-state index in [0.29, 0.717) is 6.04 Å². The zero-order chi connectivity index (χ0) is 12.3. The minimum atomic E-state index is 0.587. The van der Waals surface area contributed by atoms with E-state index < -0.39 is 0 Å². The number of methoxy groups -OCH3 is 1. The highest BCUT2D eigenvalue weighted by atomic mass is 79.9. The highest BCUT2D eigenvalue weighted by Crippen LogP contribution is 2.26. The minimum absolute atomic E-state index is 0.587. The fraction of sp³-hybridized carbons (Fsp3) is 0.538. The molecule has 0 bridgehead atoms. The number of hydrogen-bond donors (Lipinski definition) is 1. The Morgan fingerprint density at radius 3 is 3.00 bits per heavy atom. The van der Waals surface area contributed by atoms with E-state index >= 15 is 0 Å². The number of ether oxygens (including phenoxy) is 1. The second-order valence-corrected chi connectivity index (χ2v) is 5.37. The quantitative estimate of drug-likeness (QED) is 0.922. The van der Waals surface area contributed by atoms with Gasteiger partial charge in [-0.05, 0) is 47.1 Å². The SMILES string of the molecule is COc1ccc(CC2CNCCN2C)cc1Br. The molecule has 0 amide bonds. The van der Waals surface area contributed by atoms with E-state index in [2.05, 4.69) is 45.3 Å². The largest absolute Gasteiger partial charge is 0.496 e. The molecular weight excluding hydrogens is 280 g/mol. The standard InChI is InChI=1S/C13H19BrN2O/c1-16-6-5-15-9-11(16)7-10-3-4-13(17-2)12(14)8-10/h3-4,8,11,15H,5-7,9H2,1-2H3. The highest BCUT2D eigenvalue weighted by Gasteiger charge is 2.18. The van der Waals surface area contributed by atoms with Gasteiger partial charge in [-0.1, -0.05) is 6.07 Å². The molecule has 1 atom stereocenters. The Labute approximate surface area is 111 Å². The van der Waals surface area contributed by atoms with Gasteiger partial charge in [-0.15, -0.1) is 0 Å². The van der Waals surface area contributed by atoms with E-state index in [4.69, 9.17) is 4.74 Å². The van der Waals surface area contributed by atoms with Crippen molar-refractivity contribution in [1.29, 1.82) is 0 Å². The van der Waals surface area contributed by atoms with Gasteiger partial charge in [0.15, 0.2) is 0 Å². The maximum atomic E-state index is 5.24. The Morgan fingerprint density at radius 2 is 2.35 bits per heavy atom. The Hall–Kier alpha value is -0.580. The van der Waals surface area contributed by atoms with Crippen LogP contribution in [0.1, 0.15) is 5.56 Å². The lowest BCUT2D eigenvalue weighted by atomic mass is 10.0. The van der Waals surface area contributed by atoms with Crippen LogP contribution in [0.25, 0.3) is 0 Å². The second-order valence-electron chi connectivity index (χ2n) is 4.51. The smallest absolute Gasteiger partial charge is 0.133 e. The fourth-order valence-corrected chi connectivity index (χ4v) is 2.79. The molecule has 1 aromatic rings. The molecule has 1 N–H and O–H groups in total. The lowest BCUT2D eigenvalue weighted by molar-refractivity contribution is 0.199. The van der Waals surface area contributed by atoms with Crippen LogP contribution in [0.5, 0.6) is 5.75 Å². The van der Waals surface area contributed by atoms with E-state index in [1.165, 1.54) is 5.56 Å². The molecule has 0 aromatic heterocycles. The monoisotopic (exact) mass is 298 g/mol. The van der Waals surface area contributed by atoms with Gasteiger partial charge in [0.1, 0.15) is 5.75 Å². The molecule has 0 radical (unpaired) electrons. The number of halogens is 1. The summed E-state index contributed by atoms with van der Waals surface area (Å²) in [5.74, 6) is 0.892. The summed E-state index contributed by atoms with van der Waals surface area (Å²) in [4.78, 5) is 2.43. The van der Waals surface area contributed by atoms with E-state index in [-0.39, 0.29) is 0 Å². The number of piperazine rings is 1. The fourth-order valence-electron chi connectivity index (χ4n) is 2.20.